The number of halogens is 3. The summed E-state index contributed by atoms with van der Waals surface area (Å²) in [6, 6.07) is 6.88. The predicted molar refractivity (Wildman–Crippen MR) is 78.9 cm³/mol. The molecule has 0 fully saturated rings. The molecule has 0 amide bonds. The second-order valence-electron chi connectivity index (χ2n) is 4.20. The molecule has 1 aromatic heterocycles. The van der Waals surface area contributed by atoms with Crippen molar-refractivity contribution in [2.45, 2.75) is 12.5 Å². The summed E-state index contributed by atoms with van der Waals surface area (Å²) in [5, 5.41) is 3.26. The van der Waals surface area contributed by atoms with Gasteiger partial charge in [0.25, 0.3) is 0 Å². The molecule has 0 saturated carbocycles. The van der Waals surface area contributed by atoms with Crippen molar-refractivity contribution >= 4 is 27.5 Å². The minimum absolute atomic E-state index is 0.144. The highest BCUT2D eigenvalue weighted by Crippen LogP contribution is 2.26. The molecule has 0 aliphatic carbocycles. The third kappa shape index (κ3) is 3.53. The molecule has 1 heterocycles. The third-order valence-corrected chi connectivity index (χ3v) is 3.63. The van der Waals surface area contributed by atoms with Crippen molar-refractivity contribution < 1.29 is 4.39 Å². The fourth-order valence-electron chi connectivity index (χ4n) is 1.96. The van der Waals surface area contributed by atoms with Gasteiger partial charge in [-0.25, -0.2) is 4.39 Å². The van der Waals surface area contributed by atoms with E-state index < -0.39 is 0 Å². The van der Waals surface area contributed by atoms with E-state index in [1.54, 1.807) is 37.6 Å². The monoisotopic (exact) mass is 342 g/mol. The summed E-state index contributed by atoms with van der Waals surface area (Å²) in [6.45, 7) is 0. The zero-order chi connectivity index (χ0) is 13.8. The molecule has 5 heteroatoms. The third-order valence-electron chi connectivity index (χ3n) is 2.91. The standard InChI is InChI=1S/C14H13BrClFN2/c1-18-13(6-9-5-10(15)8-19-7-9)11-3-2-4-12(16)14(11)17/h2-5,7-8,13,18H,6H2,1H3. The lowest BCUT2D eigenvalue weighted by Gasteiger charge is -2.18. The second kappa shape index (κ2) is 6.46. The number of pyridine rings is 1. The first-order valence-electron chi connectivity index (χ1n) is 5.82. The highest BCUT2D eigenvalue weighted by atomic mass is 79.9. The zero-order valence-electron chi connectivity index (χ0n) is 10.3. The van der Waals surface area contributed by atoms with E-state index in [4.69, 9.17) is 11.6 Å². The van der Waals surface area contributed by atoms with Gasteiger partial charge in [-0.2, -0.15) is 0 Å². The molecule has 1 aromatic carbocycles. The average Bonchev–Trinajstić information content (AvgIpc) is 2.40. The number of benzene rings is 1. The van der Waals surface area contributed by atoms with Gasteiger partial charge >= 0.3 is 0 Å². The van der Waals surface area contributed by atoms with Crippen LogP contribution in [0.15, 0.2) is 41.1 Å². The molecular weight excluding hydrogens is 331 g/mol. The largest absolute Gasteiger partial charge is 0.313 e. The Labute approximate surface area is 125 Å². The maximum Gasteiger partial charge on any atom is 0.146 e. The van der Waals surface area contributed by atoms with Crippen LogP contribution in [0.5, 0.6) is 0 Å². The summed E-state index contributed by atoms with van der Waals surface area (Å²) in [7, 11) is 1.80. The van der Waals surface area contributed by atoms with Crippen molar-refractivity contribution in [2.75, 3.05) is 7.05 Å². The van der Waals surface area contributed by atoms with Crippen molar-refractivity contribution in [1.29, 1.82) is 0 Å². The van der Waals surface area contributed by atoms with Crippen LogP contribution in [0.1, 0.15) is 17.2 Å². The van der Waals surface area contributed by atoms with Crippen molar-refractivity contribution in [3.05, 3.63) is 63.1 Å². The van der Waals surface area contributed by atoms with Gasteiger partial charge in [0.05, 0.1) is 5.02 Å². The number of aromatic nitrogens is 1. The molecule has 0 radical (unpaired) electrons. The Bertz CT molecular complexity index is 577. The molecular formula is C14H13BrClFN2. The summed E-state index contributed by atoms with van der Waals surface area (Å²) in [5.41, 5.74) is 1.59. The molecule has 0 saturated heterocycles. The molecule has 0 bridgehead atoms. The Hall–Kier alpha value is -0.970. The molecule has 1 atom stereocenters. The first-order valence-corrected chi connectivity index (χ1v) is 6.99. The van der Waals surface area contributed by atoms with Gasteiger partial charge in [0.1, 0.15) is 5.82 Å². The maximum atomic E-state index is 14.0. The molecule has 100 valence electrons. The number of likely N-dealkylation sites (N-methyl/N-ethyl adjacent to an activating group) is 1. The predicted octanol–water partition coefficient (Wildman–Crippen LogP) is 4.14. The highest BCUT2D eigenvalue weighted by Gasteiger charge is 2.16. The smallest absolute Gasteiger partial charge is 0.146 e. The summed E-state index contributed by atoms with van der Waals surface area (Å²) >= 11 is 9.20. The minimum Gasteiger partial charge on any atom is -0.313 e. The van der Waals surface area contributed by atoms with E-state index in [-0.39, 0.29) is 16.9 Å². The van der Waals surface area contributed by atoms with Crippen molar-refractivity contribution in [3.63, 3.8) is 0 Å². The topological polar surface area (TPSA) is 24.9 Å². The van der Waals surface area contributed by atoms with Crippen molar-refractivity contribution in [1.82, 2.24) is 10.3 Å². The lowest BCUT2D eigenvalue weighted by molar-refractivity contribution is 0.534. The quantitative estimate of drug-likeness (QED) is 0.902. The summed E-state index contributed by atoms with van der Waals surface area (Å²) in [6.07, 6.45) is 4.13. The average molecular weight is 344 g/mol. The van der Waals surface area contributed by atoms with Crippen LogP contribution >= 0.6 is 27.5 Å². The van der Waals surface area contributed by atoms with E-state index >= 15 is 0 Å². The first kappa shape index (κ1) is 14.4. The first-order chi connectivity index (χ1) is 9.11. The van der Waals surface area contributed by atoms with E-state index in [1.165, 1.54) is 0 Å². The number of hydrogen-bond donors (Lipinski definition) is 1. The Morgan fingerprint density at radius 3 is 2.89 bits per heavy atom. The zero-order valence-corrected chi connectivity index (χ0v) is 12.7. The van der Waals surface area contributed by atoms with Gasteiger partial charge in [0, 0.05) is 28.5 Å². The van der Waals surface area contributed by atoms with Crippen LogP contribution in [-0.2, 0) is 6.42 Å². The fourth-order valence-corrected chi connectivity index (χ4v) is 2.55. The summed E-state index contributed by atoms with van der Waals surface area (Å²) in [5.74, 6) is -0.369. The van der Waals surface area contributed by atoms with Gasteiger partial charge in [-0.1, -0.05) is 23.7 Å². The number of nitrogens with zero attached hydrogens (tertiary/aromatic N) is 1. The second-order valence-corrected chi connectivity index (χ2v) is 5.52. The fraction of sp³-hybridized carbons (Fsp3) is 0.214. The molecule has 0 aliphatic rings. The van der Waals surface area contributed by atoms with Crippen LogP contribution in [0.25, 0.3) is 0 Å². The Balaban J connectivity index is 2.28. The number of nitrogens with one attached hydrogen (secondary N) is 1. The molecule has 1 unspecified atom stereocenters. The molecule has 2 aromatic rings. The molecule has 2 rings (SSSR count). The van der Waals surface area contributed by atoms with E-state index in [9.17, 15) is 4.39 Å². The maximum absolute atomic E-state index is 14.0. The van der Waals surface area contributed by atoms with Crippen LogP contribution < -0.4 is 5.32 Å². The van der Waals surface area contributed by atoms with Crippen molar-refractivity contribution in [2.24, 2.45) is 0 Å². The SMILES string of the molecule is CNC(Cc1cncc(Br)c1)c1cccc(Cl)c1F. The van der Waals surface area contributed by atoms with Gasteiger partial charge in [-0.15, -0.1) is 0 Å². The van der Waals surface area contributed by atoms with Gasteiger partial charge in [-0.3, -0.25) is 4.98 Å². The highest BCUT2D eigenvalue weighted by molar-refractivity contribution is 9.10. The number of rotatable bonds is 4. The van der Waals surface area contributed by atoms with Crippen molar-refractivity contribution in [3.8, 4) is 0 Å². The molecule has 0 aliphatic heterocycles. The van der Waals surface area contributed by atoms with E-state index in [0.717, 1.165) is 10.0 Å². The molecule has 1 N–H and O–H groups in total. The Morgan fingerprint density at radius 1 is 1.42 bits per heavy atom. The van der Waals surface area contributed by atoms with Crippen LogP contribution in [0.4, 0.5) is 4.39 Å². The molecule has 19 heavy (non-hydrogen) atoms. The lowest BCUT2D eigenvalue weighted by atomic mass is 9.99. The summed E-state index contributed by atoms with van der Waals surface area (Å²) < 4.78 is 14.9. The van der Waals surface area contributed by atoms with E-state index in [0.29, 0.717) is 12.0 Å². The van der Waals surface area contributed by atoms with Crippen LogP contribution in [0.2, 0.25) is 5.02 Å². The van der Waals surface area contributed by atoms with Gasteiger partial charge in [-0.05, 0) is 47.1 Å². The van der Waals surface area contributed by atoms with Gasteiger partial charge < -0.3 is 5.32 Å². The van der Waals surface area contributed by atoms with Crippen LogP contribution in [0, 0.1) is 5.82 Å². The normalized spacial score (nSPS) is 12.4. The molecule has 2 nitrogen and oxygen atoms in total. The van der Waals surface area contributed by atoms with Gasteiger partial charge in [0.2, 0.25) is 0 Å². The van der Waals surface area contributed by atoms with Crippen LogP contribution in [0.3, 0.4) is 0 Å². The Kier molecular flexibility index (Phi) is 4.91. The lowest BCUT2D eigenvalue weighted by Crippen LogP contribution is -2.20. The molecule has 0 spiro atoms. The Morgan fingerprint density at radius 2 is 2.21 bits per heavy atom. The van der Waals surface area contributed by atoms with Crippen LogP contribution in [-0.4, -0.2) is 12.0 Å². The summed E-state index contributed by atoms with van der Waals surface area (Å²) in [4.78, 5) is 4.11. The minimum atomic E-state index is -0.369. The van der Waals surface area contributed by atoms with Gasteiger partial charge in [0.15, 0.2) is 0 Å². The van der Waals surface area contributed by atoms with E-state index in [1.807, 2.05) is 6.07 Å². The number of hydrogen-bond acceptors (Lipinski definition) is 2. The van der Waals surface area contributed by atoms with E-state index in [2.05, 4.69) is 26.2 Å².